The standard InChI is InChI=1S/C42H59N7O5/c1-29-38(54-28-44-29)27-53-37-11-8-31-23-48(17-13-30(31)18-37)24-36(50)22-43-41(51)32-19-39(47-40(20-32)49-34-9-10-35(49)26-52-25-34)46-33-12-16-42(45-21-33)14-6-4-2-3-5-7-15-42/h8,11,18-20,28,33-36,45,50H,2-7,9-10,12-17,21-27H2,1H3,(H,43,51)(H,46,47)/t33?,34?,35?,36-/m0/s1. The second-order valence-corrected chi connectivity index (χ2v) is 16.5. The predicted octanol–water partition coefficient (Wildman–Crippen LogP) is 5.51. The Bertz CT molecular complexity index is 1700. The van der Waals surface area contributed by atoms with Crippen LogP contribution in [0.25, 0.3) is 0 Å². The number of benzene rings is 1. The van der Waals surface area contributed by atoms with Gasteiger partial charge < -0.3 is 39.8 Å². The Kier molecular flexibility index (Phi) is 11.7. The van der Waals surface area contributed by atoms with Gasteiger partial charge in [0.05, 0.1) is 37.1 Å². The van der Waals surface area contributed by atoms with Crippen LogP contribution in [-0.2, 0) is 24.3 Å². The summed E-state index contributed by atoms with van der Waals surface area (Å²) in [6, 6.07) is 10.8. The van der Waals surface area contributed by atoms with Gasteiger partial charge in [-0.15, -0.1) is 0 Å². The van der Waals surface area contributed by atoms with Crippen molar-refractivity contribution < 1.29 is 23.8 Å². The first-order valence-electron chi connectivity index (χ1n) is 20.6. The molecule has 1 saturated carbocycles. The van der Waals surface area contributed by atoms with Crippen molar-refractivity contribution in [1.29, 1.82) is 0 Å². The highest BCUT2D eigenvalue weighted by molar-refractivity contribution is 5.95. The summed E-state index contributed by atoms with van der Waals surface area (Å²) in [5.41, 5.74) is 4.16. The Balaban J connectivity index is 0.875. The van der Waals surface area contributed by atoms with E-state index in [4.69, 9.17) is 18.9 Å². The van der Waals surface area contributed by atoms with E-state index in [0.717, 1.165) is 74.2 Å². The van der Waals surface area contributed by atoms with Gasteiger partial charge in [0.25, 0.3) is 5.91 Å². The van der Waals surface area contributed by atoms with E-state index in [2.05, 4.69) is 42.9 Å². The molecule has 54 heavy (non-hydrogen) atoms. The molecular formula is C42H59N7O5. The van der Waals surface area contributed by atoms with Crippen molar-refractivity contribution in [2.45, 2.75) is 133 Å². The van der Waals surface area contributed by atoms with Crippen LogP contribution >= 0.6 is 0 Å². The molecule has 1 amide bonds. The van der Waals surface area contributed by atoms with E-state index in [1.807, 2.05) is 25.1 Å². The number of piperidine rings is 1. The molecule has 4 atom stereocenters. The van der Waals surface area contributed by atoms with E-state index in [-0.39, 0.29) is 36.1 Å². The van der Waals surface area contributed by atoms with Gasteiger partial charge in [-0.25, -0.2) is 9.97 Å². The van der Waals surface area contributed by atoms with Crippen LogP contribution in [0.3, 0.4) is 0 Å². The first kappa shape index (κ1) is 37.2. The van der Waals surface area contributed by atoms with Gasteiger partial charge in [-0.05, 0) is 87.3 Å². The lowest BCUT2D eigenvalue weighted by Crippen LogP contribution is -2.54. The Morgan fingerprint density at radius 1 is 1.04 bits per heavy atom. The number of pyridine rings is 1. The number of anilines is 2. The van der Waals surface area contributed by atoms with E-state index >= 15 is 0 Å². The minimum Gasteiger partial charge on any atom is -0.486 e. The summed E-state index contributed by atoms with van der Waals surface area (Å²) in [6.45, 7) is 6.76. The molecule has 1 spiro atoms. The molecule has 292 valence electrons. The van der Waals surface area contributed by atoms with Gasteiger partial charge in [0.2, 0.25) is 0 Å². The first-order chi connectivity index (χ1) is 26.4. The number of amides is 1. The Morgan fingerprint density at radius 3 is 2.57 bits per heavy atom. The second kappa shape index (κ2) is 17.0. The third-order valence-corrected chi connectivity index (χ3v) is 12.6. The van der Waals surface area contributed by atoms with Crippen LogP contribution in [0.1, 0.15) is 110 Å². The summed E-state index contributed by atoms with van der Waals surface area (Å²) in [6.07, 6.45) is 16.7. The number of hydrogen-bond acceptors (Lipinski definition) is 11. The summed E-state index contributed by atoms with van der Waals surface area (Å²) in [7, 11) is 0. The van der Waals surface area contributed by atoms with Crippen LogP contribution in [-0.4, -0.2) is 95.0 Å². The lowest BCUT2D eigenvalue weighted by atomic mass is 9.79. The fraction of sp³-hybridized carbons (Fsp3) is 0.643. The minimum absolute atomic E-state index is 0.174. The normalized spacial score (nSPS) is 24.9. The smallest absolute Gasteiger partial charge is 0.251 e. The maximum atomic E-state index is 13.8. The number of hydrogen-bond donors (Lipinski definition) is 4. The molecule has 8 rings (SSSR count). The van der Waals surface area contributed by atoms with Crippen molar-refractivity contribution >= 4 is 17.5 Å². The molecule has 6 heterocycles. The van der Waals surface area contributed by atoms with Gasteiger partial charge in [0, 0.05) is 49.9 Å². The Morgan fingerprint density at radius 2 is 1.83 bits per heavy atom. The molecular weight excluding hydrogens is 683 g/mol. The molecule has 4 aliphatic heterocycles. The van der Waals surface area contributed by atoms with Crippen molar-refractivity contribution in [1.82, 2.24) is 25.5 Å². The number of aryl methyl sites for hydroxylation is 1. The highest BCUT2D eigenvalue weighted by Crippen LogP contribution is 2.36. The van der Waals surface area contributed by atoms with Gasteiger partial charge in [0.1, 0.15) is 24.0 Å². The Hall–Kier alpha value is -3.71. The molecule has 3 unspecified atom stereocenters. The number of ether oxygens (including phenoxy) is 2. The highest BCUT2D eigenvalue weighted by Gasteiger charge is 2.39. The van der Waals surface area contributed by atoms with Crippen molar-refractivity contribution in [2.75, 3.05) is 49.6 Å². The number of aliphatic hydroxyl groups is 1. The topological polar surface area (TPSA) is 137 Å². The van der Waals surface area contributed by atoms with E-state index in [0.29, 0.717) is 31.9 Å². The summed E-state index contributed by atoms with van der Waals surface area (Å²) in [5.74, 6) is 2.94. The fourth-order valence-corrected chi connectivity index (χ4v) is 9.48. The van der Waals surface area contributed by atoms with Crippen LogP contribution in [0.4, 0.5) is 11.6 Å². The molecule has 5 aliphatic rings. The average Bonchev–Trinajstić information content (AvgIpc) is 3.74. The van der Waals surface area contributed by atoms with Crippen molar-refractivity contribution in [3.63, 3.8) is 0 Å². The average molecular weight is 742 g/mol. The molecule has 4 N–H and O–H groups in total. The third kappa shape index (κ3) is 8.88. The van der Waals surface area contributed by atoms with E-state index in [1.54, 1.807) is 0 Å². The molecule has 3 aromatic rings. The highest BCUT2D eigenvalue weighted by atomic mass is 16.5. The predicted molar refractivity (Wildman–Crippen MR) is 208 cm³/mol. The molecule has 4 fully saturated rings. The fourth-order valence-electron chi connectivity index (χ4n) is 9.48. The molecule has 1 aromatic carbocycles. The first-order valence-corrected chi connectivity index (χ1v) is 20.6. The molecule has 2 bridgehead atoms. The van der Waals surface area contributed by atoms with Gasteiger partial charge in [0.15, 0.2) is 12.2 Å². The van der Waals surface area contributed by atoms with Gasteiger partial charge in [-0.1, -0.05) is 44.6 Å². The third-order valence-electron chi connectivity index (χ3n) is 12.6. The number of nitrogens with one attached hydrogen (secondary N) is 3. The van der Waals surface area contributed by atoms with Crippen LogP contribution in [0, 0.1) is 6.92 Å². The van der Waals surface area contributed by atoms with Crippen molar-refractivity contribution in [2.24, 2.45) is 0 Å². The zero-order valence-electron chi connectivity index (χ0n) is 32.0. The zero-order chi connectivity index (χ0) is 36.9. The quantitative estimate of drug-likeness (QED) is 0.198. The Labute approximate surface area is 319 Å². The molecule has 12 nitrogen and oxygen atoms in total. The van der Waals surface area contributed by atoms with E-state index in [1.165, 1.54) is 75.3 Å². The SMILES string of the molecule is Cc1ncoc1COc1ccc2c(c1)CCN(C[C@@H](O)CNC(=O)c1cc(NC3CCC4(CCCCCCCC4)NC3)nc(N3C4CCC3COC4)c1)C2. The number of aromatic nitrogens is 2. The summed E-state index contributed by atoms with van der Waals surface area (Å²) in [4.78, 5) is 27.6. The van der Waals surface area contributed by atoms with E-state index < -0.39 is 6.10 Å². The van der Waals surface area contributed by atoms with Gasteiger partial charge in [-0.3, -0.25) is 9.69 Å². The number of carbonyl (C=O) groups is 1. The van der Waals surface area contributed by atoms with Crippen molar-refractivity contribution in [3.8, 4) is 5.75 Å². The van der Waals surface area contributed by atoms with E-state index in [9.17, 15) is 9.90 Å². The molecule has 2 aromatic heterocycles. The number of nitrogens with zero attached hydrogens (tertiary/aromatic N) is 4. The lowest BCUT2D eigenvalue weighted by molar-refractivity contribution is 0.0841. The molecule has 0 radical (unpaired) electrons. The number of aliphatic hydroxyl groups excluding tert-OH is 1. The number of oxazole rings is 1. The summed E-state index contributed by atoms with van der Waals surface area (Å²) < 4.78 is 17.2. The molecule has 12 heteroatoms. The monoisotopic (exact) mass is 741 g/mol. The number of rotatable bonds is 11. The maximum absolute atomic E-state index is 13.8. The molecule has 3 saturated heterocycles. The number of morpholine rings is 1. The minimum atomic E-state index is -0.699. The number of fused-ring (bicyclic) bond motifs is 3. The van der Waals surface area contributed by atoms with Gasteiger partial charge >= 0.3 is 0 Å². The second-order valence-electron chi connectivity index (χ2n) is 16.5. The van der Waals surface area contributed by atoms with Crippen LogP contribution in [0.2, 0.25) is 0 Å². The molecule has 1 aliphatic carbocycles. The van der Waals surface area contributed by atoms with Gasteiger partial charge in [-0.2, -0.15) is 0 Å². The van der Waals surface area contributed by atoms with Crippen LogP contribution < -0.4 is 25.6 Å². The zero-order valence-corrected chi connectivity index (χ0v) is 32.0. The van der Waals surface area contributed by atoms with Crippen LogP contribution in [0.5, 0.6) is 5.75 Å². The van der Waals surface area contributed by atoms with Crippen molar-refractivity contribution in [3.05, 3.63) is 64.9 Å². The lowest BCUT2D eigenvalue weighted by Gasteiger charge is -2.42. The van der Waals surface area contributed by atoms with Crippen LogP contribution in [0.15, 0.2) is 41.1 Å². The number of β-amino-alcohol motifs (C(OH)–C–C–N with tert-alkyl or cyclic N) is 1. The largest absolute Gasteiger partial charge is 0.486 e. The maximum Gasteiger partial charge on any atom is 0.251 e. The summed E-state index contributed by atoms with van der Waals surface area (Å²) in [5, 5.41) is 21.9. The number of carbonyl (C=O) groups excluding carboxylic acids is 1. The summed E-state index contributed by atoms with van der Waals surface area (Å²) >= 11 is 0.